The summed E-state index contributed by atoms with van der Waals surface area (Å²) < 4.78 is 38.1. The molecule has 0 aliphatic heterocycles. The second-order valence-electron chi connectivity index (χ2n) is 3.27. The van der Waals surface area contributed by atoms with Gasteiger partial charge in [0, 0.05) is 11.9 Å². The van der Waals surface area contributed by atoms with Crippen LogP contribution in [0.3, 0.4) is 0 Å². The standard InChI is InChI=1S/C10H8F3N3/c11-10(12,13)7-5-15-16(6-7)9-3-1-2-8(14)4-9/h1-6H,14H2. The van der Waals surface area contributed by atoms with Crippen molar-refractivity contribution in [3.05, 3.63) is 42.2 Å². The maximum atomic E-state index is 12.3. The normalized spacial score (nSPS) is 11.7. The van der Waals surface area contributed by atoms with Crippen molar-refractivity contribution in [3.8, 4) is 5.69 Å². The first-order chi connectivity index (χ1) is 7.47. The van der Waals surface area contributed by atoms with E-state index in [1.54, 1.807) is 24.3 Å². The largest absolute Gasteiger partial charge is 0.419 e. The van der Waals surface area contributed by atoms with E-state index >= 15 is 0 Å². The van der Waals surface area contributed by atoms with Gasteiger partial charge in [-0.05, 0) is 18.2 Å². The van der Waals surface area contributed by atoms with Gasteiger partial charge in [-0.1, -0.05) is 6.07 Å². The third kappa shape index (κ3) is 2.00. The van der Waals surface area contributed by atoms with Gasteiger partial charge in [0.1, 0.15) is 0 Å². The molecule has 0 amide bonds. The van der Waals surface area contributed by atoms with Crippen LogP contribution in [0.2, 0.25) is 0 Å². The molecule has 0 fully saturated rings. The summed E-state index contributed by atoms with van der Waals surface area (Å²) in [6.45, 7) is 0. The highest BCUT2D eigenvalue weighted by molar-refractivity contribution is 5.47. The number of nitrogens with zero attached hydrogens (tertiary/aromatic N) is 2. The number of hydrogen-bond donors (Lipinski definition) is 1. The van der Waals surface area contributed by atoms with Crippen LogP contribution in [0.15, 0.2) is 36.7 Å². The van der Waals surface area contributed by atoms with Crippen LogP contribution in [0.25, 0.3) is 5.69 Å². The van der Waals surface area contributed by atoms with Crippen molar-refractivity contribution in [2.24, 2.45) is 0 Å². The van der Waals surface area contributed by atoms with E-state index < -0.39 is 11.7 Å². The Morgan fingerprint density at radius 3 is 2.56 bits per heavy atom. The summed E-state index contributed by atoms with van der Waals surface area (Å²) in [6, 6.07) is 6.48. The molecule has 2 N–H and O–H groups in total. The van der Waals surface area contributed by atoms with Crippen LogP contribution in [0.5, 0.6) is 0 Å². The number of aromatic nitrogens is 2. The Hall–Kier alpha value is -1.98. The predicted octanol–water partition coefficient (Wildman–Crippen LogP) is 2.47. The van der Waals surface area contributed by atoms with E-state index in [9.17, 15) is 13.2 Å². The summed E-state index contributed by atoms with van der Waals surface area (Å²) in [6.07, 6.45) is -2.67. The van der Waals surface area contributed by atoms with Crippen molar-refractivity contribution < 1.29 is 13.2 Å². The average Bonchev–Trinajstić information content (AvgIpc) is 2.65. The molecule has 0 aliphatic rings. The molecule has 0 atom stereocenters. The third-order valence-corrected chi connectivity index (χ3v) is 2.04. The molecule has 0 saturated carbocycles. The fourth-order valence-electron chi connectivity index (χ4n) is 1.28. The maximum absolute atomic E-state index is 12.3. The van der Waals surface area contributed by atoms with E-state index in [1.807, 2.05) is 0 Å². The highest BCUT2D eigenvalue weighted by atomic mass is 19.4. The summed E-state index contributed by atoms with van der Waals surface area (Å²) in [5.41, 5.74) is 5.71. The zero-order valence-corrected chi connectivity index (χ0v) is 8.07. The topological polar surface area (TPSA) is 43.8 Å². The molecule has 2 rings (SSSR count). The van der Waals surface area contributed by atoms with Crippen molar-refractivity contribution in [2.45, 2.75) is 6.18 Å². The van der Waals surface area contributed by atoms with E-state index in [-0.39, 0.29) is 0 Å². The summed E-state index contributed by atoms with van der Waals surface area (Å²) in [4.78, 5) is 0. The fraction of sp³-hybridized carbons (Fsp3) is 0.100. The molecule has 0 spiro atoms. The van der Waals surface area contributed by atoms with Gasteiger partial charge < -0.3 is 5.73 Å². The summed E-state index contributed by atoms with van der Waals surface area (Å²) >= 11 is 0. The summed E-state index contributed by atoms with van der Waals surface area (Å²) in [5.74, 6) is 0. The molecule has 16 heavy (non-hydrogen) atoms. The zero-order chi connectivity index (χ0) is 11.8. The molecule has 1 aromatic carbocycles. The lowest BCUT2D eigenvalue weighted by atomic mass is 10.3. The highest BCUT2D eigenvalue weighted by Gasteiger charge is 2.32. The number of alkyl halides is 3. The minimum Gasteiger partial charge on any atom is -0.399 e. The second kappa shape index (κ2) is 3.55. The Kier molecular flexibility index (Phi) is 2.34. The number of halogens is 3. The minimum absolute atomic E-state index is 0.474. The van der Waals surface area contributed by atoms with Crippen LogP contribution < -0.4 is 5.73 Å². The van der Waals surface area contributed by atoms with Crippen LogP contribution in [0.1, 0.15) is 5.56 Å². The lowest BCUT2D eigenvalue weighted by molar-refractivity contribution is -0.137. The van der Waals surface area contributed by atoms with Gasteiger partial charge in [-0.15, -0.1) is 0 Å². The Labute approximate surface area is 89.3 Å². The minimum atomic E-state index is -4.38. The van der Waals surface area contributed by atoms with Crippen molar-refractivity contribution in [2.75, 3.05) is 5.73 Å². The summed E-state index contributed by atoms with van der Waals surface area (Å²) in [7, 11) is 0. The smallest absolute Gasteiger partial charge is 0.399 e. The molecule has 0 aliphatic carbocycles. The number of rotatable bonds is 1. The molecule has 0 saturated heterocycles. The van der Waals surface area contributed by atoms with Gasteiger partial charge >= 0.3 is 6.18 Å². The Balaban J connectivity index is 2.39. The SMILES string of the molecule is Nc1cccc(-n2cc(C(F)(F)F)cn2)c1. The number of nitrogens with two attached hydrogens (primary N) is 1. The lowest BCUT2D eigenvalue weighted by Crippen LogP contribution is -2.03. The van der Waals surface area contributed by atoms with Crippen LogP contribution in [0.4, 0.5) is 18.9 Å². The van der Waals surface area contributed by atoms with Crippen molar-refractivity contribution in [1.82, 2.24) is 9.78 Å². The van der Waals surface area contributed by atoms with E-state index in [0.717, 1.165) is 17.1 Å². The average molecular weight is 227 g/mol. The predicted molar refractivity (Wildman–Crippen MR) is 53.0 cm³/mol. The molecule has 0 unspecified atom stereocenters. The van der Waals surface area contributed by atoms with Gasteiger partial charge in [0.05, 0.1) is 17.4 Å². The molecule has 6 heteroatoms. The highest BCUT2D eigenvalue weighted by Crippen LogP contribution is 2.29. The van der Waals surface area contributed by atoms with Gasteiger partial charge in [0.2, 0.25) is 0 Å². The van der Waals surface area contributed by atoms with E-state index in [4.69, 9.17) is 5.73 Å². The molecular formula is C10H8F3N3. The number of hydrogen-bond acceptors (Lipinski definition) is 2. The number of anilines is 1. The first kappa shape index (κ1) is 10.5. The molecule has 3 nitrogen and oxygen atoms in total. The fourth-order valence-corrected chi connectivity index (χ4v) is 1.28. The zero-order valence-electron chi connectivity index (χ0n) is 8.07. The molecule has 1 heterocycles. The van der Waals surface area contributed by atoms with Crippen molar-refractivity contribution >= 4 is 5.69 Å². The molecule has 0 radical (unpaired) electrons. The van der Waals surface area contributed by atoms with Gasteiger partial charge in [0.15, 0.2) is 0 Å². The van der Waals surface area contributed by atoms with Crippen LogP contribution in [-0.2, 0) is 6.18 Å². The first-order valence-corrected chi connectivity index (χ1v) is 4.44. The van der Waals surface area contributed by atoms with E-state index in [2.05, 4.69) is 5.10 Å². The van der Waals surface area contributed by atoms with Gasteiger partial charge in [0.25, 0.3) is 0 Å². The van der Waals surface area contributed by atoms with Crippen molar-refractivity contribution in [1.29, 1.82) is 0 Å². The Morgan fingerprint density at radius 2 is 2.00 bits per heavy atom. The van der Waals surface area contributed by atoms with Crippen molar-refractivity contribution in [3.63, 3.8) is 0 Å². The number of benzene rings is 1. The maximum Gasteiger partial charge on any atom is 0.419 e. The molecular weight excluding hydrogens is 219 g/mol. The van der Waals surface area contributed by atoms with E-state index in [1.165, 1.54) is 0 Å². The Morgan fingerprint density at radius 1 is 1.25 bits per heavy atom. The lowest BCUT2D eigenvalue weighted by Gasteiger charge is -2.02. The van der Waals surface area contributed by atoms with Gasteiger partial charge in [-0.25, -0.2) is 4.68 Å². The summed E-state index contributed by atoms with van der Waals surface area (Å²) in [5, 5.41) is 3.64. The van der Waals surface area contributed by atoms with Crippen LogP contribution in [-0.4, -0.2) is 9.78 Å². The molecule has 84 valence electrons. The van der Waals surface area contributed by atoms with Gasteiger partial charge in [-0.2, -0.15) is 18.3 Å². The first-order valence-electron chi connectivity index (χ1n) is 4.44. The number of nitrogen functional groups attached to an aromatic ring is 1. The quantitative estimate of drug-likeness (QED) is 0.760. The molecule has 1 aromatic heterocycles. The molecule has 0 bridgehead atoms. The van der Waals surface area contributed by atoms with Crippen LogP contribution >= 0.6 is 0 Å². The molecule has 2 aromatic rings. The second-order valence-corrected chi connectivity index (χ2v) is 3.27. The van der Waals surface area contributed by atoms with E-state index in [0.29, 0.717) is 11.4 Å². The van der Waals surface area contributed by atoms with Crippen LogP contribution in [0, 0.1) is 0 Å². The Bertz CT molecular complexity index is 502. The monoisotopic (exact) mass is 227 g/mol. The third-order valence-electron chi connectivity index (χ3n) is 2.04. The van der Waals surface area contributed by atoms with Gasteiger partial charge in [-0.3, -0.25) is 0 Å².